The smallest absolute Gasteiger partial charge is 0.264 e. The molecular weight excluding hydrogens is 502 g/mol. The highest BCUT2D eigenvalue weighted by Gasteiger charge is 2.28. The Labute approximate surface area is 215 Å². The highest BCUT2D eigenvalue weighted by Crippen LogP contribution is 2.31. The van der Waals surface area contributed by atoms with Crippen molar-refractivity contribution in [3.63, 3.8) is 0 Å². The number of amides is 1. The summed E-state index contributed by atoms with van der Waals surface area (Å²) in [4.78, 5) is 13.0. The SMILES string of the molecule is C/C(=N/NC(=O)CN(c1cc(Cl)ccc1C)S(=O)(=O)c1ccc(C)cc1)c1ccc2c(c1)OCCO2. The van der Waals surface area contributed by atoms with Gasteiger partial charge in [0.2, 0.25) is 0 Å². The predicted octanol–water partition coefficient (Wildman–Crippen LogP) is 4.46. The van der Waals surface area contributed by atoms with Crippen LogP contribution in [-0.2, 0) is 14.8 Å². The van der Waals surface area contributed by atoms with Gasteiger partial charge in [-0.05, 0) is 68.8 Å². The van der Waals surface area contributed by atoms with Crippen molar-refractivity contribution in [2.24, 2.45) is 5.10 Å². The van der Waals surface area contributed by atoms with Gasteiger partial charge in [-0.2, -0.15) is 5.10 Å². The number of hydrogen-bond donors (Lipinski definition) is 1. The molecule has 1 amide bonds. The Morgan fingerprint density at radius 1 is 1.00 bits per heavy atom. The Balaban J connectivity index is 1.59. The average molecular weight is 528 g/mol. The molecule has 0 fully saturated rings. The van der Waals surface area contributed by atoms with Gasteiger partial charge in [-0.25, -0.2) is 13.8 Å². The molecule has 0 unspecified atom stereocenters. The van der Waals surface area contributed by atoms with Crippen LogP contribution < -0.4 is 19.2 Å². The van der Waals surface area contributed by atoms with Gasteiger partial charge in [0, 0.05) is 10.6 Å². The van der Waals surface area contributed by atoms with E-state index in [2.05, 4.69) is 10.5 Å². The first-order valence-electron chi connectivity index (χ1n) is 11.2. The molecule has 0 saturated heterocycles. The van der Waals surface area contributed by atoms with Crippen LogP contribution in [0.2, 0.25) is 5.02 Å². The van der Waals surface area contributed by atoms with Gasteiger partial charge in [-0.3, -0.25) is 9.10 Å². The Morgan fingerprint density at radius 3 is 2.42 bits per heavy atom. The minimum absolute atomic E-state index is 0.0660. The lowest BCUT2D eigenvalue weighted by Gasteiger charge is -2.25. The lowest BCUT2D eigenvalue weighted by atomic mass is 10.1. The van der Waals surface area contributed by atoms with Crippen molar-refractivity contribution in [2.45, 2.75) is 25.7 Å². The maximum Gasteiger partial charge on any atom is 0.264 e. The van der Waals surface area contributed by atoms with Gasteiger partial charge in [0.25, 0.3) is 15.9 Å². The molecule has 0 atom stereocenters. The van der Waals surface area contributed by atoms with Crippen LogP contribution in [0.25, 0.3) is 0 Å². The highest BCUT2D eigenvalue weighted by atomic mass is 35.5. The number of sulfonamides is 1. The number of aryl methyl sites for hydroxylation is 2. The van der Waals surface area contributed by atoms with Crippen molar-refractivity contribution >= 4 is 38.9 Å². The third kappa shape index (κ3) is 5.63. The zero-order chi connectivity index (χ0) is 25.9. The van der Waals surface area contributed by atoms with Crippen LogP contribution in [0.1, 0.15) is 23.6 Å². The second kappa shape index (κ2) is 10.6. The molecule has 3 aromatic rings. The summed E-state index contributed by atoms with van der Waals surface area (Å²) in [6.45, 7) is 5.81. The van der Waals surface area contributed by atoms with Gasteiger partial charge in [0.15, 0.2) is 11.5 Å². The van der Waals surface area contributed by atoms with E-state index < -0.39 is 22.5 Å². The quantitative estimate of drug-likeness (QED) is 0.361. The summed E-state index contributed by atoms with van der Waals surface area (Å²) in [5.74, 6) is 0.643. The Bertz CT molecular complexity index is 1420. The number of hydrogen-bond acceptors (Lipinski definition) is 6. The zero-order valence-corrected chi connectivity index (χ0v) is 21.7. The highest BCUT2D eigenvalue weighted by molar-refractivity contribution is 7.92. The largest absolute Gasteiger partial charge is 0.486 e. The molecule has 188 valence electrons. The van der Waals surface area contributed by atoms with E-state index in [9.17, 15) is 13.2 Å². The van der Waals surface area contributed by atoms with E-state index in [-0.39, 0.29) is 4.90 Å². The van der Waals surface area contributed by atoms with E-state index in [4.69, 9.17) is 21.1 Å². The first-order valence-corrected chi connectivity index (χ1v) is 13.1. The molecule has 1 N–H and O–H groups in total. The van der Waals surface area contributed by atoms with E-state index in [1.807, 2.05) is 13.0 Å². The van der Waals surface area contributed by atoms with Crippen LogP contribution in [0.15, 0.2) is 70.7 Å². The van der Waals surface area contributed by atoms with E-state index in [1.54, 1.807) is 50.2 Å². The maximum absolute atomic E-state index is 13.6. The number of hydrazone groups is 1. The van der Waals surface area contributed by atoms with Gasteiger partial charge < -0.3 is 9.47 Å². The minimum Gasteiger partial charge on any atom is -0.486 e. The van der Waals surface area contributed by atoms with Crippen LogP contribution >= 0.6 is 11.6 Å². The number of halogens is 1. The van der Waals surface area contributed by atoms with Crippen molar-refractivity contribution in [2.75, 3.05) is 24.1 Å². The zero-order valence-electron chi connectivity index (χ0n) is 20.1. The normalized spacial score (nSPS) is 13.3. The molecule has 1 aliphatic heterocycles. The summed E-state index contributed by atoms with van der Waals surface area (Å²) in [6.07, 6.45) is 0. The van der Waals surface area contributed by atoms with Crippen LogP contribution in [0, 0.1) is 13.8 Å². The van der Waals surface area contributed by atoms with E-state index >= 15 is 0 Å². The third-order valence-corrected chi connectivity index (χ3v) is 7.65. The molecule has 1 heterocycles. The fraction of sp³-hybridized carbons (Fsp3) is 0.231. The molecule has 4 rings (SSSR count). The molecule has 36 heavy (non-hydrogen) atoms. The van der Waals surface area contributed by atoms with Crippen molar-refractivity contribution in [1.82, 2.24) is 5.43 Å². The number of nitrogens with zero attached hydrogens (tertiary/aromatic N) is 2. The molecule has 0 spiro atoms. The molecule has 0 radical (unpaired) electrons. The molecule has 0 bridgehead atoms. The van der Waals surface area contributed by atoms with Crippen molar-refractivity contribution in [3.05, 3.63) is 82.4 Å². The van der Waals surface area contributed by atoms with Gasteiger partial charge in [-0.1, -0.05) is 35.4 Å². The van der Waals surface area contributed by atoms with Crippen LogP contribution in [-0.4, -0.2) is 39.8 Å². The van der Waals surface area contributed by atoms with Gasteiger partial charge in [-0.15, -0.1) is 0 Å². The second-order valence-corrected chi connectivity index (χ2v) is 10.6. The Morgan fingerprint density at radius 2 is 1.69 bits per heavy atom. The minimum atomic E-state index is -4.07. The van der Waals surface area contributed by atoms with Gasteiger partial charge in [0.1, 0.15) is 19.8 Å². The van der Waals surface area contributed by atoms with Crippen molar-refractivity contribution < 1.29 is 22.7 Å². The summed E-state index contributed by atoms with van der Waals surface area (Å²) >= 11 is 6.17. The number of carbonyl (C=O) groups is 1. The van der Waals surface area contributed by atoms with Gasteiger partial charge >= 0.3 is 0 Å². The Hall–Kier alpha value is -3.56. The summed E-state index contributed by atoms with van der Waals surface area (Å²) in [7, 11) is -4.07. The van der Waals surface area contributed by atoms with Crippen LogP contribution in [0.3, 0.4) is 0 Å². The predicted molar refractivity (Wildman–Crippen MR) is 140 cm³/mol. The van der Waals surface area contributed by atoms with Crippen molar-refractivity contribution in [1.29, 1.82) is 0 Å². The number of anilines is 1. The fourth-order valence-corrected chi connectivity index (χ4v) is 5.28. The molecular formula is C26H26ClN3O5S. The van der Waals surface area contributed by atoms with Gasteiger partial charge in [0.05, 0.1) is 16.3 Å². The molecule has 0 aromatic heterocycles. The van der Waals surface area contributed by atoms with Crippen LogP contribution in [0.4, 0.5) is 5.69 Å². The average Bonchev–Trinajstić information content (AvgIpc) is 2.87. The lowest BCUT2D eigenvalue weighted by Crippen LogP contribution is -2.40. The lowest BCUT2D eigenvalue weighted by molar-refractivity contribution is -0.119. The molecule has 0 saturated carbocycles. The molecule has 1 aliphatic rings. The number of rotatable bonds is 7. The molecule has 3 aromatic carbocycles. The van der Waals surface area contributed by atoms with E-state index in [0.29, 0.717) is 46.7 Å². The Kier molecular flexibility index (Phi) is 7.51. The third-order valence-electron chi connectivity index (χ3n) is 5.64. The van der Waals surface area contributed by atoms with E-state index in [1.165, 1.54) is 18.2 Å². The molecule has 0 aliphatic carbocycles. The number of fused-ring (bicyclic) bond motifs is 1. The summed E-state index contributed by atoms with van der Waals surface area (Å²) in [6, 6.07) is 16.7. The fourth-order valence-electron chi connectivity index (χ4n) is 3.63. The number of benzene rings is 3. The molecule has 8 nitrogen and oxygen atoms in total. The summed E-state index contributed by atoms with van der Waals surface area (Å²) in [5.41, 5.74) is 5.60. The standard InChI is InChI=1S/C26H26ClN3O5S/c1-17-4-9-22(10-5-17)36(32,33)30(23-15-21(27)8-6-18(23)2)16-26(31)29-28-19(3)20-7-11-24-25(14-20)35-13-12-34-24/h4-11,14-15H,12-13,16H2,1-3H3,(H,29,31)/b28-19-. The van der Waals surface area contributed by atoms with Crippen molar-refractivity contribution in [3.8, 4) is 11.5 Å². The molecule has 10 heteroatoms. The summed E-state index contributed by atoms with van der Waals surface area (Å²) < 4.78 is 39.3. The number of nitrogens with one attached hydrogen (secondary N) is 1. The van der Waals surface area contributed by atoms with Crippen LogP contribution in [0.5, 0.6) is 11.5 Å². The topological polar surface area (TPSA) is 97.3 Å². The van der Waals surface area contributed by atoms with E-state index in [0.717, 1.165) is 15.4 Å². The summed E-state index contributed by atoms with van der Waals surface area (Å²) in [5, 5.41) is 4.52. The first kappa shape index (κ1) is 25.5. The number of ether oxygens (including phenoxy) is 2. The second-order valence-electron chi connectivity index (χ2n) is 8.35. The maximum atomic E-state index is 13.6. The first-order chi connectivity index (χ1) is 17.1. The monoisotopic (exact) mass is 527 g/mol. The number of carbonyl (C=O) groups excluding carboxylic acids is 1.